The fraction of sp³-hybridized carbons (Fsp3) is 0.455. The Kier molecular flexibility index (Phi) is 10.6. The lowest BCUT2D eigenvalue weighted by Crippen LogP contribution is -2.44. The first-order chi connectivity index (χ1) is 21.5. The molecule has 44 heavy (non-hydrogen) atoms. The fourth-order valence-electron chi connectivity index (χ4n) is 5.55. The molecule has 5 rings (SSSR count). The zero-order valence-corrected chi connectivity index (χ0v) is 25.4. The van der Waals surface area contributed by atoms with Gasteiger partial charge in [0.1, 0.15) is 5.69 Å². The summed E-state index contributed by atoms with van der Waals surface area (Å²) in [5, 5.41) is 15.8. The minimum absolute atomic E-state index is 0.0670. The molecule has 1 N–H and O–H groups in total. The molecule has 0 aliphatic carbocycles. The smallest absolute Gasteiger partial charge is 0.270 e. The van der Waals surface area contributed by atoms with E-state index in [2.05, 4.69) is 31.6 Å². The van der Waals surface area contributed by atoms with Crippen LogP contribution in [0.4, 0.5) is 0 Å². The van der Waals surface area contributed by atoms with Gasteiger partial charge < -0.3 is 19.5 Å². The van der Waals surface area contributed by atoms with Crippen LogP contribution in [0.3, 0.4) is 0 Å². The lowest BCUT2D eigenvalue weighted by atomic mass is 10.1. The summed E-state index contributed by atoms with van der Waals surface area (Å²) in [5.74, 6) is 3.44. The highest BCUT2D eigenvalue weighted by atomic mass is 16.5. The van der Waals surface area contributed by atoms with E-state index in [1.165, 1.54) is 36.9 Å². The maximum Gasteiger partial charge on any atom is 0.270 e. The molecule has 11 heteroatoms. The van der Waals surface area contributed by atoms with Gasteiger partial charge in [0.25, 0.3) is 11.8 Å². The van der Waals surface area contributed by atoms with E-state index in [0.29, 0.717) is 61.3 Å². The summed E-state index contributed by atoms with van der Waals surface area (Å²) >= 11 is 0. The van der Waals surface area contributed by atoms with Crippen LogP contribution < -0.4 is 10.1 Å². The number of nitrogens with one attached hydrogen (secondary N) is 1. The van der Waals surface area contributed by atoms with Crippen LogP contribution >= 0.6 is 0 Å². The van der Waals surface area contributed by atoms with E-state index in [-0.39, 0.29) is 11.8 Å². The molecule has 0 bridgehead atoms. The quantitative estimate of drug-likeness (QED) is 0.148. The Balaban J connectivity index is 1.09. The van der Waals surface area contributed by atoms with Crippen molar-refractivity contribution in [2.75, 3.05) is 26.2 Å². The second-order valence-electron chi connectivity index (χ2n) is 11.1. The molecule has 0 saturated heterocycles. The molecule has 3 aromatic heterocycles. The SMILES string of the molecule is C#CCCCCCCCCCCOc1nccc2c1cc1n2CCN(CCNC(=O)c2cccc(-c3nnn(C)n3)c2)C1=O. The lowest BCUT2D eigenvalue weighted by Gasteiger charge is -2.28. The van der Waals surface area contributed by atoms with Crippen molar-refractivity contribution in [2.24, 2.45) is 7.05 Å². The van der Waals surface area contributed by atoms with Crippen molar-refractivity contribution in [1.29, 1.82) is 0 Å². The van der Waals surface area contributed by atoms with Gasteiger partial charge in [-0.15, -0.1) is 22.5 Å². The number of amides is 2. The van der Waals surface area contributed by atoms with Gasteiger partial charge in [-0.2, -0.15) is 4.80 Å². The van der Waals surface area contributed by atoms with E-state index >= 15 is 0 Å². The molecule has 2 amide bonds. The van der Waals surface area contributed by atoms with Gasteiger partial charge >= 0.3 is 0 Å². The van der Waals surface area contributed by atoms with E-state index < -0.39 is 0 Å². The van der Waals surface area contributed by atoms with Crippen LogP contribution in [0.2, 0.25) is 0 Å². The Labute approximate surface area is 258 Å². The van der Waals surface area contributed by atoms with E-state index in [1.807, 2.05) is 22.8 Å². The average molecular weight is 597 g/mol. The summed E-state index contributed by atoms with van der Waals surface area (Å²) in [7, 11) is 1.69. The minimum atomic E-state index is -0.224. The number of aryl methyl sites for hydroxylation is 1. The minimum Gasteiger partial charge on any atom is -0.477 e. The molecule has 230 valence electrons. The van der Waals surface area contributed by atoms with Crippen molar-refractivity contribution < 1.29 is 14.3 Å². The van der Waals surface area contributed by atoms with Gasteiger partial charge in [-0.05, 0) is 42.3 Å². The molecular weight excluding hydrogens is 556 g/mol. The summed E-state index contributed by atoms with van der Waals surface area (Å²) in [6, 6.07) is 10.9. The van der Waals surface area contributed by atoms with E-state index in [0.717, 1.165) is 36.6 Å². The molecule has 0 spiro atoms. The number of hydrogen-bond acceptors (Lipinski definition) is 7. The van der Waals surface area contributed by atoms with Crippen molar-refractivity contribution in [3.8, 4) is 29.6 Å². The van der Waals surface area contributed by atoms with Crippen LogP contribution in [0.1, 0.15) is 78.6 Å². The van der Waals surface area contributed by atoms with Crippen molar-refractivity contribution in [3.05, 3.63) is 53.9 Å². The monoisotopic (exact) mass is 596 g/mol. The second kappa shape index (κ2) is 15.1. The number of rotatable bonds is 16. The van der Waals surface area contributed by atoms with Gasteiger partial charge in [-0.3, -0.25) is 9.59 Å². The van der Waals surface area contributed by atoms with Gasteiger partial charge in [0.15, 0.2) is 0 Å². The number of nitrogens with zero attached hydrogens (tertiary/aromatic N) is 7. The summed E-state index contributed by atoms with van der Waals surface area (Å²) in [6.07, 6.45) is 17.4. The van der Waals surface area contributed by atoms with Gasteiger partial charge in [0.2, 0.25) is 11.7 Å². The third kappa shape index (κ3) is 7.61. The Morgan fingerprint density at radius 3 is 2.61 bits per heavy atom. The second-order valence-corrected chi connectivity index (χ2v) is 11.1. The highest BCUT2D eigenvalue weighted by Gasteiger charge is 2.27. The number of aromatic nitrogens is 6. The maximum absolute atomic E-state index is 13.4. The number of benzene rings is 1. The molecule has 0 fully saturated rings. The predicted molar refractivity (Wildman–Crippen MR) is 168 cm³/mol. The standard InChI is InChI=1S/C33H40N8O3/c1-3-4-5-6-7-8-9-10-11-12-22-44-32-27-24-29-33(43)40(20-21-41(29)28(27)16-17-35-32)19-18-34-31(42)26-15-13-14-25(23-26)30-36-38-39(2)37-30/h1,13-17,23-24H,4-12,18-22H2,2H3,(H,34,42). The number of carbonyl (C=O) groups is 2. The highest BCUT2D eigenvalue weighted by molar-refractivity contribution is 6.00. The molecule has 0 atom stereocenters. The average Bonchev–Trinajstić information content (AvgIpc) is 3.65. The highest BCUT2D eigenvalue weighted by Crippen LogP contribution is 2.29. The van der Waals surface area contributed by atoms with E-state index in [9.17, 15) is 9.59 Å². The number of tetrazole rings is 1. The van der Waals surface area contributed by atoms with Crippen LogP contribution in [0, 0.1) is 12.3 Å². The Bertz CT molecular complexity index is 1620. The molecule has 1 aromatic carbocycles. The summed E-state index contributed by atoms with van der Waals surface area (Å²) < 4.78 is 8.11. The van der Waals surface area contributed by atoms with Crippen LogP contribution in [0.5, 0.6) is 5.88 Å². The summed E-state index contributed by atoms with van der Waals surface area (Å²) in [6.45, 7) is 2.57. The first-order valence-electron chi connectivity index (χ1n) is 15.5. The Morgan fingerprint density at radius 2 is 1.84 bits per heavy atom. The topological polar surface area (TPSA) is 120 Å². The molecule has 11 nitrogen and oxygen atoms in total. The number of carbonyl (C=O) groups excluding carboxylic acids is 2. The van der Waals surface area contributed by atoms with Crippen LogP contribution in [-0.2, 0) is 13.6 Å². The fourth-order valence-corrected chi connectivity index (χ4v) is 5.55. The number of pyridine rings is 1. The van der Waals surface area contributed by atoms with E-state index in [1.54, 1.807) is 36.3 Å². The molecule has 4 heterocycles. The molecule has 0 unspecified atom stereocenters. The number of terminal acetylenes is 1. The van der Waals surface area contributed by atoms with Crippen molar-refractivity contribution in [1.82, 2.24) is 40.0 Å². The number of ether oxygens (including phenoxy) is 1. The lowest BCUT2D eigenvalue weighted by molar-refractivity contribution is 0.0701. The Morgan fingerprint density at radius 1 is 1.05 bits per heavy atom. The molecule has 4 aromatic rings. The molecule has 0 radical (unpaired) electrons. The van der Waals surface area contributed by atoms with Gasteiger partial charge in [-0.25, -0.2) is 4.98 Å². The molecule has 1 aliphatic rings. The van der Waals surface area contributed by atoms with Crippen molar-refractivity contribution in [2.45, 2.75) is 64.3 Å². The third-order valence-electron chi connectivity index (χ3n) is 7.91. The zero-order valence-electron chi connectivity index (χ0n) is 25.4. The van der Waals surface area contributed by atoms with Crippen molar-refractivity contribution in [3.63, 3.8) is 0 Å². The number of fused-ring (bicyclic) bond motifs is 3. The summed E-state index contributed by atoms with van der Waals surface area (Å²) in [5.41, 5.74) is 2.77. The van der Waals surface area contributed by atoms with Crippen LogP contribution in [0.25, 0.3) is 22.3 Å². The normalized spacial score (nSPS) is 12.7. The van der Waals surface area contributed by atoms with Crippen LogP contribution in [-0.4, -0.2) is 72.7 Å². The molecular formula is C33H40N8O3. The maximum atomic E-state index is 13.4. The first kappa shape index (κ1) is 30.7. The third-order valence-corrected chi connectivity index (χ3v) is 7.91. The predicted octanol–water partition coefficient (Wildman–Crippen LogP) is 4.64. The Hall–Kier alpha value is -4.72. The first-order valence-corrected chi connectivity index (χ1v) is 15.5. The van der Waals surface area contributed by atoms with E-state index in [4.69, 9.17) is 11.2 Å². The van der Waals surface area contributed by atoms with Gasteiger partial charge in [-0.1, -0.05) is 50.7 Å². The number of unbranched alkanes of at least 4 members (excludes halogenated alkanes) is 8. The van der Waals surface area contributed by atoms with Crippen molar-refractivity contribution >= 4 is 22.7 Å². The summed E-state index contributed by atoms with van der Waals surface area (Å²) in [4.78, 5) is 33.8. The molecule has 0 saturated carbocycles. The molecule has 1 aliphatic heterocycles. The van der Waals surface area contributed by atoms with Gasteiger partial charge in [0.05, 0.1) is 24.6 Å². The number of hydrogen-bond donors (Lipinski definition) is 1. The van der Waals surface area contributed by atoms with Crippen LogP contribution in [0.15, 0.2) is 42.6 Å². The van der Waals surface area contributed by atoms with Gasteiger partial charge in [0, 0.05) is 49.9 Å². The zero-order chi connectivity index (χ0) is 30.7. The largest absolute Gasteiger partial charge is 0.477 e.